The van der Waals surface area contributed by atoms with Crippen LogP contribution in [0.3, 0.4) is 0 Å². The second kappa shape index (κ2) is 4.09. The molecule has 1 fully saturated rings. The Morgan fingerprint density at radius 2 is 2.23 bits per heavy atom. The summed E-state index contributed by atoms with van der Waals surface area (Å²) in [5.41, 5.74) is 0. The van der Waals surface area contributed by atoms with Crippen LogP contribution in [0.1, 0.15) is 26.2 Å². The van der Waals surface area contributed by atoms with Crippen molar-refractivity contribution >= 4 is 15.7 Å². The molecule has 4 nitrogen and oxygen atoms in total. The average molecular weight is 205 g/mol. The van der Waals surface area contributed by atoms with Crippen molar-refractivity contribution in [3.05, 3.63) is 0 Å². The van der Waals surface area contributed by atoms with E-state index in [0.29, 0.717) is 12.8 Å². The summed E-state index contributed by atoms with van der Waals surface area (Å²) >= 11 is 0. The number of amides is 1. The zero-order valence-electron chi connectivity index (χ0n) is 7.75. The molecule has 76 valence electrons. The highest BCUT2D eigenvalue weighted by molar-refractivity contribution is 7.91. The van der Waals surface area contributed by atoms with Crippen LogP contribution in [0.15, 0.2) is 0 Å². The standard InChI is InChI=1S/C8H15NO3S/c1-2-3-8(10)9-7-4-5-13(11,12)6-7/h7H,2-6H2,1H3,(H,9,10)/t7-/m1/s1. The molecular weight excluding hydrogens is 190 g/mol. The molecule has 13 heavy (non-hydrogen) atoms. The number of nitrogens with one attached hydrogen (secondary N) is 1. The SMILES string of the molecule is CCCC(=O)N[C@@H]1CCS(=O)(=O)C1. The van der Waals surface area contributed by atoms with Crippen molar-refractivity contribution in [2.75, 3.05) is 11.5 Å². The molecular formula is C8H15NO3S. The molecule has 0 aromatic rings. The second-order valence-electron chi connectivity index (χ2n) is 3.42. The zero-order valence-corrected chi connectivity index (χ0v) is 8.56. The van der Waals surface area contributed by atoms with Crippen molar-refractivity contribution < 1.29 is 13.2 Å². The molecule has 0 unspecified atom stereocenters. The number of carbonyl (C=O) groups excluding carboxylic acids is 1. The highest BCUT2D eigenvalue weighted by Crippen LogP contribution is 2.11. The Labute approximate surface area is 78.6 Å². The highest BCUT2D eigenvalue weighted by atomic mass is 32.2. The number of hydrogen-bond donors (Lipinski definition) is 1. The fourth-order valence-electron chi connectivity index (χ4n) is 1.44. The van der Waals surface area contributed by atoms with Gasteiger partial charge in [0.15, 0.2) is 9.84 Å². The average Bonchev–Trinajstić information content (AvgIpc) is 2.30. The van der Waals surface area contributed by atoms with Gasteiger partial charge in [-0.3, -0.25) is 4.79 Å². The number of hydrogen-bond acceptors (Lipinski definition) is 3. The normalized spacial score (nSPS) is 25.8. The van der Waals surface area contributed by atoms with Crippen LogP contribution in [0.2, 0.25) is 0 Å². The topological polar surface area (TPSA) is 63.2 Å². The molecule has 0 saturated carbocycles. The maximum absolute atomic E-state index is 11.1. The first-order valence-electron chi connectivity index (χ1n) is 4.53. The Bertz CT molecular complexity index is 284. The minimum Gasteiger partial charge on any atom is -0.352 e. The van der Waals surface area contributed by atoms with Gasteiger partial charge < -0.3 is 5.32 Å². The van der Waals surface area contributed by atoms with Gasteiger partial charge in [-0.25, -0.2) is 8.42 Å². The van der Waals surface area contributed by atoms with E-state index in [-0.39, 0.29) is 23.5 Å². The lowest BCUT2D eigenvalue weighted by atomic mass is 10.2. The molecule has 1 heterocycles. The van der Waals surface area contributed by atoms with Gasteiger partial charge in [0.1, 0.15) is 0 Å². The summed E-state index contributed by atoms with van der Waals surface area (Å²) < 4.78 is 22.1. The van der Waals surface area contributed by atoms with E-state index in [2.05, 4.69) is 5.32 Å². The van der Waals surface area contributed by atoms with Gasteiger partial charge in [-0.1, -0.05) is 6.92 Å². The van der Waals surface area contributed by atoms with Crippen molar-refractivity contribution in [3.63, 3.8) is 0 Å². The van der Waals surface area contributed by atoms with Crippen LogP contribution in [0, 0.1) is 0 Å². The summed E-state index contributed by atoms with van der Waals surface area (Å²) in [5, 5.41) is 2.72. The summed E-state index contributed by atoms with van der Waals surface area (Å²) in [4.78, 5) is 11.1. The molecule has 0 aliphatic carbocycles. The van der Waals surface area contributed by atoms with E-state index in [4.69, 9.17) is 0 Å². The molecule has 0 spiro atoms. The van der Waals surface area contributed by atoms with E-state index in [1.54, 1.807) is 0 Å². The lowest BCUT2D eigenvalue weighted by Crippen LogP contribution is -2.35. The third-order valence-corrected chi connectivity index (χ3v) is 3.84. The van der Waals surface area contributed by atoms with Gasteiger partial charge >= 0.3 is 0 Å². The van der Waals surface area contributed by atoms with Crippen molar-refractivity contribution in [1.82, 2.24) is 5.32 Å². The van der Waals surface area contributed by atoms with E-state index in [9.17, 15) is 13.2 Å². The summed E-state index contributed by atoms with van der Waals surface area (Å²) in [6.45, 7) is 1.92. The van der Waals surface area contributed by atoms with Crippen LogP contribution in [0.25, 0.3) is 0 Å². The third-order valence-electron chi connectivity index (χ3n) is 2.07. The highest BCUT2D eigenvalue weighted by Gasteiger charge is 2.28. The molecule has 0 aromatic heterocycles. The monoisotopic (exact) mass is 205 g/mol. The Hall–Kier alpha value is -0.580. The van der Waals surface area contributed by atoms with Crippen LogP contribution < -0.4 is 5.32 Å². The molecule has 1 saturated heterocycles. The number of sulfone groups is 1. The van der Waals surface area contributed by atoms with Gasteiger partial charge in [-0.05, 0) is 12.8 Å². The Morgan fingerprint density at radius 1 is 1.54 bits per heavy atom. The smallest absolute Gasteiger partial charge is 0.220 e. The van der Waals surface area contributed by atoms with Crippen molar-refractivity contribution in [2.45, 2.75) is 32.2 Å². The summed E-state index contributed by atoms with van der Waals surface area (Å²) in [6, 6.07) is -0.149. The van der Waals surface area contributed by atoms with Gasteiger partial charge in [0.25, 0.3) is 0 Å². The molecule has 1 rings (SSSR count). The van der Waals surface area contributed by atoms with Crippen LogP contribution in [-0.2, 0) is 14.6 Å². The van der Waals surface area contributed by atoms with Crippen LogP contribution in [0.4, 0.5) is 0 Å². The Morgan fingerprint density at radius 3 is 2.69 bits per heavy atom. The fourth-order valence-corrected chi connectivity index (χ4v) is 3.11. The van der Waals surface area contributed by atoms with Gasteiger partial charge in [-0.15, -0.1) is 0 Å². The predicted octanol–water partition coefficient (Wildman–Crippen LogP) is 0.0898. The van der Waals surface area contributed by atoms with E-state index in [1.807, 2.05) is 6.92 Å². The predicted molar refractivity (Wildman–Crippen MR) is 50.1 cm³/mol. The van der Waals surface area contributed by atoms with Crippen LogP contribution in [0.5, 0.6) is 0 Å². The van der Waals surface area contributed by atoms with E-state index in [1.165, 1.54) is 0 Å². The minimum absolute atomic E-state index is 0.0374. The maximum atomic E-state index is 11.1. The lowest BCUT2D eigenvalue weighted by molar-refractivity contribution is -0.121. The summed E-state index contributed by atoms with van der Waals surface area (Å²) in [7, 11) is -2.87. The van der Waals surface area contributed by atoms with Crippen molar-refractivity contribution in [1.29, 1.82) is 0 Å². The second-order valence-corrected chi connectivity index (χ2v) is 5.65. The number of rotatable bonds is 3. The minimum atomic E-state index is -2.87. The van der Waals surface area contributed by atoms with Crippen LogP contribution in [-0.4, -0.2) is 31.9 Å². The molecule has 1 aliphatic heterocycles. The van der Waals surface area contributed by atoms with Gasteiger partial charge in [-0.2, -0.15) is 0 Å². The van der Waals surface area contributed by atoms with E-state index < -0.39 is 9.84 Å². The van der Waals surface area contributed by atoms with Gasteiger partial charge in [0, 0.05) is 12.5 Å². The van der Waals surface area contributed by atoms with E-state index >= 15 is 0 Å². The molecule has 1 aliphatic rings. The summed E-state index contributed by atoms with van der Waals surface area (Å²) in [6.07, 6.45) is 1.85. The first-order valence-corrected chi connectivity index (χ1v) is 6.35. The maximum Gasteiger partial charge on any atom is 0.220 e. The molecule has 1 N–H and O–H groups in total. The quantitative estimate of drug-likeness (QED) is 0.710. The molecule has 0 radical (unpaired) electrons. The molecule has 5 heteroatoms. The Kier molecular flexibility index (Phi) is 3.30. The molecule has 1 atom stereocenters. The van der Waals surface area contributed by atoms with E-state index in [0.717, 1.165) is 6.42 Å². The van der Waals surface area contributed by atoms with Gasteiger partial charge in [0.2, 0.25) is 5.91 Å². The zero-order chi connectivity index (χ0) is 9.90. The molecule has 0 aromatic carbocycles. The molecule has 1 amide bonds. The molecule has 0 bridgehead atoms. The van der Waals surface area contributed by atoms with Crippen molar-refractivity contribution in [3.8, 4) is 0 Å². The third kappa shape index (κ3) is 3.34. The first-order chi connectivity index (χ1) is 6.03. The lowest BCUT2D eigenvalue weighted by Gasteiger charge is -2.09. The van der Waals surface area contributed by atoms with Gasteiger partial charge in [0.05, 0.1) is 11.5 Å². The Balaban J connectivity index is 2.36. The summed E-state index contributed by atoms with van der Waals surface area (Å²) in [5.74, 6) is 0.289. The van der Waals surface area contributed by atoms with Crippen molar-refractivity contribution in [2.24, 2.45) is 0 Å². The fraction of sp³-hybridized carbons (Fsp3) is 0.875. The van der Waals surface area contributed by atoms with Crippen LogP contribution >= 0.6 is 0 Å². The largest absolute Gasteiger partial charge is 0.352 e. The first kappa shape index (κ1) is 10.5. The number of carbonyl (C=O) groups is 1.